The second-order valence-electron chi connectivity index (χ2n) is 5.37. The lowest BCUT2D eigenvalue weighted by Gasteiger charge is -2.28. The van der Waals surface area contributed by atoms with Crippen LogP contribution in [0.3, 0.4) is 0 Å². The smallest absolute Gasteiger partial charge is 0.103 e. The molecule has 3 rings (SSSR count). The van der Waals surface area contributed by atoms with Crippen molar-refractivity contribution in [2.75, 3.05) is 16.8 Å². The van der Waals surface area contributed by atoms with Crippen LogP contribution in [-0.4, -0.2) is 13.2 Å². The molecule has 2 aromatic carbocycles. The summed E-state index contributed by atoms with van der Waals surface area (Å²) in [5, 5.41) is 0. The summed E-state index contributed by atoms with van der Waals surface area (Å²) in [6.07, 6.45) is 0.347. The Kier molecular flexibility index (Phi) is 2.74. The van der Waals surface area contributed by atoms with Gasteiger partial charge in [-0.25, -0.2) is 0 Å². The minimum Gasteiger partial charge on any atom is -0.353 e. The van der Waals surface area contributed by atoms with E-state index in [1.807, 2.05) is 0 Å². The Morgan fingerprint density at radius 2 is 1.58 bits per heavy atom. The van der Waals surface area contributed by atoms with Gasteiger partial charge in [0.2, 0.25) is 0 Å². The van der Waals surface area contributed by atoms with Gasteiger partial charge in [-0.2, -0.15) is 0 Å². The zero-order valence-corrected chi connectivity index (χ0v) is 12.0. The van der Waals surface area contributed by atoms with Crippen molar-refractivity contribution in [2.24, 2.45) is 0 Å². The Bertz CT molecular complexity index is 618. The Balaban J connectivity index is 2.12. The predicted molar refractivity (Wildman–Crippen MR) is 82.4 cm³/mol. The first-order valence-corrected chi connectivity index (χ1v) is 6.78. The first-order valence-electron chi connectivity index (χ1n) is 6.78. The van der Waals surface area contributed by atoms with Crippen molar-refractivity contribution in [3.8, 4) is 0 Å². The molecule has 1 aliphatic heterocycles. The van der Waals surface area contributed by atoms with Crippen LogP contribution in [0.25, 0.3) is 0 Å². The van der Waals surface area contributed by atoms with Crippen LogP contribution < -0.4 is 9.80 Å². The maximum atomic E-state index is 2.40. The maximum Gasteiger partial charge on any atom is 0.103 e. The van der Waals surface area contributed by atoms with Gasteiger partial charge in [0.25, 0.3) is 0 Å². The molecule has 0 bridgehead atoms. The highest BCUT2D eigenvalue weighted by Crippen LogP contribution is 2.43. The summed E-state index contributed by atoms with van der Waals surface area (Å²) in [7, 11) is 2.16. The van der Waals surface area contributed by atoms with Gasteiger partial charge in [-0.15, -0.1) is 0 Å². The van der Waals surface area contributed by atoms with Gasteiger partial charge in [0.1, 0.15) is 6.17 Å². The molecule has 1 atom stereocenters. The SMILES string of the molecule is Cc1ccc(N2c3ccccc3N(C)[C@@H]2C)cc1C. The lowest BCUT2D eigenvalue weighted by Crippen LogP contribution is -2.35. The van der Waals surface area contributed by atoms with Crippen molar-refractivity contribution in [1.82, 2.24) is 0 Å². The van der Waals surface area contributed by atoms with E-state index < -0.39 is 0 Å². The number of para-hydroxylation sites is 2. The molecule has 1 aliphatic rings. The van der Waals surface area contributed by atoms with E-state index in [0.717, 1.165) is 0 Å². The lowest BCUT2D eigenvalue weighted by atomic mass is 10.1. The summed E-state index contributed by atoms with van der Waals surface area (Å²) in [5.41, 5.74) is 6.55. The molecule has 2 nitrogen and oxygen atoms in total. The molecular formula is C17H20N2. The van der Waals surface area contributed by atoms with Crippen LogP contribution in [0.5, 0.6) is 0 Å². The number of nitrogens with zero attached hydrogens (tertiary/aromatic N) is 2. The molecule has 0 aromatic heterocycles. The molecule has 0 spiro atoms. The molecule has 0 aliphatic carbocycles. The van der Waals surface area contributed by atoms with Gasteiger partial charge in [-0.05, 0) is 56.2 Å². The highest BCUT2D eigenvalue weighted by molar-refractivity contribution is 5.83. The zero-order valence-electron chi connectivity index (χ0n) is 12.0. The minimum absolute atomic E-state index is 0.347. The zero-order chi connectivity index (χ0) is 13.6. The molecule has 2 aromatic rings. The average Bonchev–Trinajstić information content (AvgIpc) is 2.66. The predicted octanol–water partition coefficient (Wildman–Crippen LogP) is 4.24. The number of aryl methyl sites for hydroxylation is 2. The second kappa shape index (κ2) is 4.30. The number of anilines is 3. The monoisotopic (exact) mass is 252 g/mol. The Hall–Kier alpha value is -1.96. The molecule has 0 radical (unpaired) electrons. The summed E-state index contributed by atoms with van der Waals surface area (Å²) in [6.45, 7) is 6.58. The summed E-state index contributed by atoms with van der Waals surface area (Å²) in [5.74, 6) is 0. The van der Waals surface area contributed by atoms with Crippen molar-refractivity contribution in [1.29, 1.82) is 0 Å². The maximum absolute atomic E-state index is 2.40. The Labute approximate surface area is 115 Å². The fourth-order valence-corrected chi connectivity index (χ4v) is 2.77. The van der Waals surface area contributed by atoms with E-state index in [4.69, 9.17) is 0 Å². The lowest BCUT2D eigenvalue weighted by molar-refractivity contribution is 0.734. The van der Waals surface area contributed by atoms with Gasteiger partial charge in [-0.1, -0.05) is 18.2 Å². The molecule has 19 heavy (non-hydrogen) atoms. The van der Waals surface area contributed by atoms with Gasteiger partial charge in [-0.3, -0.25) is 0 Å². The summed E-state index contributed by atoms with van der Waals surface area (Å²) in [6, 6.07) is 15.3. The number of benzene rings is 2. The normalized spacial score (nSPS) is 17.8. The van der Waals surface area contributed by atoms with Gasteiger partial charge in [0.15, 0.2) is 0 Å². The third-order valence-electron chi connectivity index (χ3n) is 4.22. The molecule has 0 saturated heterocycles. The van der Waals surface area contributed by atoms with E-state index in [9.17, 15) is 0 Å². The summed E-state index contributed by atoms with van der Waals surface area (Å²) in [4.78, 5) is 4.73. The highest BCUT2D eigenvalue weighted by Gasteiger charge is 2.30. The van der Waals surface area contributed by atoms with Crippen molar-refractivity contribution < 1.29 is 0 Å². The van der Waals surface area contributed by atoms with E-state index in [1.54, 1.807) is 0 Å². The quantitative estimate of drug-likeness (QED) is 0.749. The average molecular weight is 252 g/mol. The van der Waals surface area contributed by atoms with E-state index >= 15 is 0 Å². The first kappa shape index (κ1) is 12.1. The largest absolute Gasteiger partial charge is 0.353 e. The van der Waals surface area contributed by atoms with Crippen LogP contribution in [-0.2, 0) is 0 Å². The van der Waals surface area contributed by atoms with E-state index in [2.05, 4.69) is 80.1 Å². The fraction of sp³-hybridized carbons (Fsp3) is 0.294. The van der Waals surface area contributed by atoms with Crippen LogP contribution in [0.4, 0.5) is 17.1 Å². The molecule has 0 saturated carbocycles. The topological polar surface area (TPSA) is 6.48 Å². The van der Waals surface area contributed by atoms with Crippen molar-refractivity contribution in [3.05, 3.63) is 53.6 Å². The summed E-state index contributed by atoms with van der Waals surface area (Å²) < 4.78 is 0. The van der Waals surface area contributed by atoms with Gasteiger partial charge < -0.3 is 9.80 Å². The molecule has 0 fully saturated rings. The highest BCUT2D eigenvalue weighted by atomic mass is 15.4. The van der Waals surface area contributed by atoms with Gasteiger partial charge in [0, 0.05) is 12.7 Å². The minimum atomic E-state index is 0.347. The molecule has 2 heteroatoms. The molecular weight excluding hydrogens is 232 g/mol. The van der Waals surface area contributed by atoms with E-state index in [1.165, 1.54) is 28.2 Å². The first-order chi connectivity index (χ1) is 9.09. The molecule has 0 unspecified atom stereocenters. The van der Waals surface area contributed by atoms with Gasteiger partial charge >= 0.3 is 0 Å². The Morgan fingerprint density at radius 3 is 2.26 bits per heavy atom. The van der Waals surface area contributed by atoms with Crippen LogP contribution in [0.15, 0.2) is 42.5 Å². The number of fused-ring (bicyclic) bond motifs is 1. The molecule has 0 amide bonds. The van der Waals surface area contributed by atoms with Crippen molar-refractivity contribution in [3.63, 3.8) is 0 Å². The van der Waals surface area contributed by atoms with Crippen LogP contribution in [0.1, 0.15) is 18.1 Å². The second-order valence-corrected chi connectivity index (χ2v) is 5.37. The number of rotatable bonds is 1. The fourth-order valence-electron chi connectivity index (χ4n) is 2.77. The van der Waals surface area contributed by atoms with Crippen molar-refractivity contribution >= 4 is 17.1 Å². The Morgan fingerprint density at radius 1 is 0.895 bits per heavy atom. The number of hydrogen-bond donors (Lipinski definition) is 0. The van der Waals surface area contributed by atoms with E-state index in [0.29, 0.717) is 6.17 Å². The third kappa shape index (κ3) is 1.79. The standard InChI is InChI=1S/C17H20N2/c1-12-9-10-15(11-13(12)2)19-14(3)18(4)16-7-5-6-8-17(16)19/h5-11,14H,1-4H3/t14-/m0/s1. The molecule has 0 N–H and O–H groups in total. The van der Waals surface area contributed by atoms with Crippen LogP contribution in [0, 0.1) is 13.8 Å². The van der Waals surface area contributed by atoms with Gasteiger partial charge in [0.05, 0.1) is 11.4 Å². The molecule has 1 heterocycles. The third-order valence-corrected chi connectivity index (χ3v) is 4.22. The van der Waals surface area contributed by atoms with E-state index in [-0.39, 0.29) is 0 Å². The number of hydrogen-bond acceptors (Lipinski definition) is 2. The molecule has 98 valence electrons. The van der Waals surface area contributed by atoms with Crippen molar-refractivity contribution in [2.45, 2.75) is 26.9 Å². The van der Waals surface area contributed by atoms with Crippen LogP contribution in [0.2, 0.25) is 0 Å². The van der Waals surface area contributed by atoms with Crippen LogP contribution >= 0.6 is 0 Å². The summed E-state index contributed by atoms with van der Waals surface area (Å²) >= 11 is 0.